The predicted molar refractivity (Wildman–Crippen MR) is 91.2 cm³/mol. The van der Waals surface area contributed by atoms with Crippen molar-refractivity contribution < 1.29 is 19.7 Å². The first kappa shape index (κ1) is 20.0. The Hall–Kier alpha value is -1.05. The van der Waals surface area contributed by atoms with E-state index in [9.17, 15) is 9.90 Å². The number of carboxylic acids is 1. The normalized spacial score (nSPS) is 22.0. The molecular weight excluding hydrogens is 292 g/mol. The maximum absolute atomic E-state index is 10.4. The van der Waals surface area contributed by atoms with E-state index in [4.69, 9.17) is 9.84 Å². The number of aliphatic hydroxyl groups is 1. The van der Waals surface area contributed by atoms with Crippen LogP contribution in [0.25, 0.3) is 0 Å². The van der Waals surface area contributed by atoms with Crippen molar-refractivity contribution in [1.82, 2.24) is 0 Å². The molecule has 4 nitrogen and oxygen atoms in total. The maximum Gasteiger partial charge on any atom is 0.303 e. The second kappa shape index (κ2) is 10.7. The molecule has 1 aliphatic heterocycles. The highest BCUT2D eigenvalue weighted by Gasteiger charge is 2.50. The average molecular weight is 324 g/mol. The van der Waals surface area contributed by atoms with Gasteiger partial charge in [0.15, 0.2) is 5.60 Å². The molecule has 23 heavy (non-hydrogen) atoms. The SMILES string of the molecule is CCCCCC1OC1C(C)(O)C#CCCCCCCCC(=O)O. The van der Waals surface area contributed by atoms with E-state index in [1.807, 2.05) is 0 Å². The summed E-state index contributed by atoms with van der Waals surface area (Å²) in [5.74, 6) is 5.32. The number of carbonyl (C=O) groups is 1. The van der Waals surface area contributed by atoms with Crippen molar-refractivity contribution in [1.29, 1.82) is 0 Å². The average Bonchev–Trinajstić information content (AvgIpc) is 3.26. The van der Waals surface area contributed by atoms with Crippen molar-refractivity contribution in [2.24, 2.45) is 0 Å². The monoisotopic (exact) mass is 324 g/mol. The third-order valence-electron chi connectivity index (χ3n) is 4.26. The molecule has 0 spiro atoms. The van der Waals surface area contributed by atoms with Gasteiger partial charge in [0.25, 0.3) is 0 Å². The van der Waals surface area contributed by atoms with E-state index in [0.717, 1.165) is 51.4 Å². The van der Waals surface area contributed by atoms with Gasteiger partial charge in [-0.05, 0) is 26.2 Å². The van der Waals surface area contributed by atoms with E-state index < -0.39 is 11.6 Å². The minimum absolute atomic E-state index is 0.122. The van der Waals surface area contributed by atoms with Crippen LogP contribution in [0, 0.1) is 11.8 Å². The Kier molecular flexibility index (Phi) is 9.28. The van der Waals surface area contributed by atoms with Gasteiger partial charge in [-0.25, -0.2) is 0 Å². The van der Waals surface area contributed by atoms with Crippen LogP contribution in [0.1, 0.15) is 84.5 Å². The summed E-state index contributed by atoms with van der Waals surface area (Å²) in [7, 11) is 0. The molecule has 3 atom stereocenters. The smallest absolute Gasteiger partial charge is 0.303 e. The van der Waals surface area contributed by atoms with E-state index in [-0.39, 0.29) is 18.6 Å². The summed E-state index contributed by atoms with van der Waals surface area (Å²) in [4.78, 5) is 10.4. The van der Waals surface area contributed by atoms with Crippen LogP contribution in [0.2, 0.25) is 0 Å². The molecule has 0 aromatic rings. The number of aliphatic carboxylic acids is 1. The first-order chi connectivity index (χ1) is 11.0. The molecular formula is C19H32O4. The highest BCUT2D eigenvalue weighted by molar-refractivity contribution is 5.66. The number of carboxylic acid groups (broad SMARTS) is 1. The van der Waals surface area contributed by atoms with Crippen LogP contribution in [0.5, 0.6) is 0 Å². The summed E-state index contributed by atoms with van der Waals surface area (Å²) < 4.78 is 5.57. The molecule has 0 bridgehead atoms. The van der Waals surface area contributed by atoms with Gasteiger partial charge in [-0.3, -0.25) is 4.79 Å². The lowest BCUT2D eigenvalue weighted by Gasteiger charge is -2.12. The molecule has 0 aromatic carbocycles. The van der Waals surface area contributed by atoms with Crippen LogP contribution in [-0.4, -0.2) is 34.0 Å². The number of hydrogen-bond acceptors (Lipinski definition) is 3. The number of rotatable bonds is 12. The predicted octanol–water partition coefficient (Wildman–Crippen LogP) is 3.90. The summed E-state index contributed by atoms with van der Waals surface area (Å²) in [6.45, 7) is 3.93. The summed E-state index contributed by atoms with van der Waals surface area (Å²) in [5.41, 5.74) is -1.03. The number of unbranched alkanes of at least 4 members (excludes halogenated alkanes) is 7. The molecule has 0 radical (unpaired) electrons. The van der Waals surface area contributed by atoms with Gasteiger partial charge in [0, 0.05) is 12.8 Å². The van der Waals surface area contributed by atoms with Crippen LogP contribution >= 0.6 is 0 Å². The highest BCUT2D eigenvalue weighted by Crippen LogP contribution is 2.35. The standard InChI is InChI=1S/C19H32O4/c1-3-4-10-13-16-18(23-16)19(2,22)15-12-9-7-5-6-8-11-14-17(20)21/h16,18,22H,3-11,13-14H2,1-2H3,(H,20,21). The first-order valence-electron chi connectivity index (χ1n) is 9.07. The van der Waals surface area contributed by atoms with Crippen molar-refractivity contribution in [2.75, 3.05) is 0 Å². The second-order valence-electron chi connectivity index (χ2n) is 6.70. The minimum Gasteiger partial charge on any atom is -0.481 e. The Balaban J connectivity index is 2.07. The maximum atomic E-state index is 10.4. The molecule has 0 amide bonds. The Morgan fingerprint density at radius 1 is 1.13 bits per heavy atom. The Bertz CT molecular complexity index is 405. The lowest BCUT2D eigenvalue weighted by Crippen LogP contribution is -2.30. The number of hydrogen-bond donors (Lipinski definition) is 2. The fourth-order valence-electron chi connectivity index (χ4n) is 2.78. The minimum atomic E-state index is -1.03. The zero-order chi connectivity index (χ0) is 17.1. The van der Waals surface area contributed by atoms with E-state index in [1.165, 1.54) is 12.8 Å². The molecule has 4 heteroatoms. The third kappa shape index (κ3) is 8.98. The van der Waals surface area contributed by atoms with E-state index in [1.54, 1.807) is 6.92 Å². The van der Waals surface area contributed by atoms with E-state index in [2.05, 4.69) is 18.8 Å². The molecule has 3 unspecified atom stereocenters. The van der Waals surface area contributed by atoms with Gasteiger partial charge in [0.2, 0.25) is 0 Å². The third-order valence-corrected chi connectivity index (χ3v) is 4.26. The lowest BCUT2D eigenvalue weighted by atomic mass is 9.98. The van der Waals surface area contributed by atoms with Gasteiger partial charge in [-0.2, -0.15) is 0 Å². The van der Waals surface area contributed by atoms with Gasteiger partial charge in [0.1, 0.15) is 6.10 Å². The molecule has 1 fully saturated rings. The van der Waals surface area contributed by atoms with Crippen LogP contribution in [0.15, 0.2) is 0 Å². The van der Waals surface area contributed by atoms with E-state index >= 15 is 0 Å². The summed E-state index contributed by atoms with van der Waals surface area (Å²) in [6, 6.07) is 0. The quantitative estimate of drug-likeness (QED) is 0.324. The fraction of sp³-hybridized carbons (Fsp3) is 0.842. The summed E-state index contributed by atoms with van der Waals surface area (Å²) >= 11 is 0. The van der Waals surface area contributed by atoms with Gasteiger partial charge < -0.3 is 14.9 Å². The molecule has 0 saturated carbocycles. The Labute approximate surface area is 140 Å². The molecule has 1 heterocycles. The fourth-order valence-corrected chi connectivity index (χ4v) is 2.78. The number of ether oxygens (including phenoxy) is 1. The first-order valence-corrected chi connectivity index (χ1v) is 9.07. The van der Waals surface area contributed by atoms with Crippen LogP contribution in [0.4, 0.5) is 0 Å². The van der Waals surface area contributed by atoms with Gasteiger partial charge in [0.05, 0.1) is 6.10 Å². The topological polar surface area (TPSA) is 70.1 Å². The Morgan fingerprint density at radius 2 is 1.83 bits per heavy atom. The molecule has 1 rings (SSSR count). The lowest BCUT2D eigenvalue weighted by molar-refractivity contribution is -0.137. The summed E-state index contributed by atoms with van der Waals surface area (Å²) in [5, 5.41) is 18.9. The highest BCUT2D eigenvalue weighted by atomic mass is 16.6. The van der Waals surface area contributed by atoms with Gasteiger partial charge >= 0.3 is 5.97 Å². The van der Waals surface area contributed by atoms with Crippen molar-refractivity contribution in [3.05, 3.63) is 0 Å². The van der Waals surface area contributed by atoms with E-state index in [0.29, 0.717) is 0 Å². The molecule has 0 aliphatic carbocycles. The van der Waals surface area contributed by atoms with Gasteiger partial charge in [-0.1, -0.05) is 51.4 Å². The van der Waals surface area contributed by atoms with Crippen LogP contribution < -0.4 is 0 Å². The Morgan fingerprint density at radius 3 is 2.52 bits per heavy atom. The molecule has 1 aliphatic rings. The molecule has 2 N–H and O–H groups in total. The molecule has 1 saturated heterocycles. The zero-order valence-corrected chi connectivity index (χ0v) is 14.6. The van der Waals surface area contributed by atoms with Crippen molar-refractivity contribution in [3.63, 3.8) is 0 Å². The molecule has 0 aromatic heterocycles. The van der Waals surface area contributed by atoms with Crippen molar-refractivity contribution in [2.45, 2.75) is 102 Å². The summed E-state index contributed by atoms with van der Waals surface area (Å²) in [6.07, 6.45) is 10.5. The van der Waals surface area contributed by atoms with Gasteiger partial charge in [-0.15, -0.1) is 5.92 Å². The second-order valence-corrected chi connectivity index (χ2v) is 6.70. The van der Waals surface area contributed by atoms with Crippen LogP contribution in [0.3, 0.4) is 0 Å². The number of epoxide rings is 1. The molecule has 132 valence electrons. The van der Waals surface area contributed by atoms with Crippen molar-refractivity contribution in [3.8, 4) is 11.8 Å². The zero-order valence-electron chi connectivity index (χ0n) is 14.6. The van der Waals surface area contributed by atoms with Crippen LogP contribution in [-0.2, 0) is 9.53 Å². The van der Waals surface area contributed by atoms with Crippen molar-refractivity contribution >= 4 is 5.97 Å². The largest absolute Gasteiger partial charge is 0.481 e.